The monoisotopic (exact) mass is 485 g/mol. The summed E-state index contributed by atoms with van der Waals surface area (Å²) in [7, 11) is 0. The Morgan fingerprint density at radius 3 is 2.23 bits per heavy atom. The van der Waals surface area contributed by atoms with Crippen LogP contribution in [-0.2, 0) is 15.9 Å². The Labute approximate surface area is 200 Å². The summed E-state index contributed by atoms with van der Waals surface area (Å²) in [5.74, 6) is -2.22. The molecule has 5 rings (SSSR count). The summed E-state index contributed by atoms with van der Waals surface area (Å²) in [4.78, 5) is 26.6. The molecule has 0 saturated carbocycles. The molecule has 35 heavy (non-hydrogen) atoms. The lowest BCUT2D eigenvalue weighted by Gasteiger charge is -2.43. The van der Waals surface area contributed by atoms with Crippen molar-refractivity contribution in [1.29, 1.82) is 0 Å². The Hall–Kier alpha value is -2.86. The molecule has 1 heterocycles. The topological polar surface area (TPSA) is 180 Å². The zero-order chi connectivity index (χ0) is 25.2. The fraction of sp³-hybridized carbons (Fsp3) is 0.440. The van der Waals surface area contributed by atoms with E-state index in [4.69, 9.17) is 15.2 Å². The molecule has 3 aliphatic rings. The predicted molar refractivity (Wildman–Crippen MR) is 120 cm³/mol. The van der Waals surface area contributed by atoms with Gasteiger partial charge in [0.1, 0.15) is 17.6 Å². The van der Waals surface area contributed by atoms with Crippen LogP contribution in [0.5, 0.6) is 11.5 Å². The summed E-state index contributed by atoms with van der Waals surface area (Å²) in [6.45, 7) is 1.31. The van der Waals surface area contributed by atoms with Gasteiger partial charge < -0.3 is 40.7 Å². The second-order valence-corrected chi connectivity index (χ2v) is 9.59. The average molecular weight is 485 g/mol. The van der Waals surface area contributed by atoms with Crippen LogP contribution in [0.1, 0.15) is 68.8 Å². The molecule has 7 N–H and O–H groups in total. The number of aliphatic hydroxyl groups is 3. The quantitative estimate of drug-likeness (QED) is 0.285. The Bertz CT molecular complexity index is 1230. The maximum absolute atomic E-state index is 13.3. The van der Waals surface area contributed by atoms with Crippen molar-refractivity contribution in [1.82, 2.24) is 0 Å². The Morgan fingerprint density at radius 1 is 1.06 bits per heavy atom. The summed E-state index contributed by atoms with van der Waals surface area (Å²) in [5, 5.41) is 52.8. The van der Waals surface area contributed by atoms with Crippen LogP contribution in [0, 0.1) is 0 Å². The highest BCUT2D eigenvalue weighted by Crippen LogP contribution is 2.51. The van der Waals surface area contributed by atoms with Gasteiger partial charge in [-0.05, 0) is 19.8 Å². The first-order chi connectivity index (χ1) is 16.5. The van der Waals surface area contributed by atoms with Gasteiger partial charge in [0.15, 0.2) is 17.9 Å². The first-order valence-electron chi connectivity index (χ1n) is 11.4. The summed E-state index contributed by atoms with van der Waals surface area (Å²) in [6, 6.07) is 6.15. The molecule has 6 atom stereocenters. The maximum atomic E-state index is 13.3. The van der Waals surface area contributed by atoms with Gasteiger partial charge in [-0.25, -0.2) is 0 Å². The van der Waals surface area contributed by atoms with E-state index in [-0.39, 0.29) is 59.3 Å². The first-order valence-corrected chi connectivity index (χ1v) is 11.4. The molecule has 0 amide bonds. The van der Waals surface area contributed by atoms with Gasteiger partial charge in [0.05, 0.1) is 36.0 Å². The maximum Gasteiger partial charge on any atom is 0.198 e. The van der Waals surface area contributed by atoms with Crippen LogP contribution >= 0.6 is 0 Å². The minimum atomic E-state index is -1.30. The van der Waals surface area contributed by atoms with Crippen molar-refractivity contribution in [2.45, 2.75) is 62.4 Å². The van der Waals surface area contributed by atoms with Crippen LogP contribution in [0.2, 0.25) is 0 Å². The number of phenols is 2. The molecule has 186 valence electrons. The van der Waals surface area contributed by atoms with Crippen LogP contribution in [0.25, 0.3) is 0 Å². The van der Waals surface area contributed by atoms with E-state index in [9.17, 15) is 35.1 Å². The number of ether oxygens (including phenoxy) is 2. The Kier molecular flexibility index (Phi) is 5.71. The van der Waals surface area contributed by atoms with E-state index in [0.29, 0.717) is 0 Å². The third-order valence-corrected chi connectivity index (χ3v) is 7.33. The molecule has 1 fully saturated rings. The molecule has 1 aliphatic heterocycles. The molecule has 2 aliphatic carbocycles. The normalized spacial score (nSPS) is 30.9. The lowest BCUT2D eigenvalue weighted by Crippen LogP contribution is -2.55. The second kappa shape index (κ2) is 8.37. The van der Waals surface area contributed by atoms with Gasteiger partial charge in [0, 0.05) is 34.2 Å². The van der Waals surface area contributed by atoms with E-state index in [1.807, 2.05) is 0 Å². The lowest BCUT2D eigenvalue weighted by atomic mass is 9.70. The smallest absolute Gasteiger partial charge is 0.198 e. The lowest BCUT2D eigenvalue weighted by molar-refractivity contribution is -0.239. The average Bonchev–Trinajstić information content (AvgIpc) is 2.82. The molecular formula is C25H27NO9. The van der Waals surface area contributed by atoms with Crippen LogP contribution in [0.15, 0.2) is 24.3 Å². The summed E-state index contributed by atoms with van der Waals surface area (Å²) < 4.78 is 11.5. The Balaban J connectivity index is 1.66. The number of rotatable bonds is 3. The zero-order valence-corrected chi connectivity index (χ0v) is 19.0. The number of nitrogens with two attached hydrogens (primary N) is 1. The fourth-order valence-electron chi connectivity index (χ4n) is 5.21. The molecule has 0 unspecified atom stereocenters. The molecule has 10 heteroatoms. The zero-order valence-electron chi connectivity index (χ0n) is 19.0. The van der Waals surface area contributed by atoms with Crippen LogP contribution in [0.3, 0.4) is 0 Å². The number of phenolic OH excluding ortho intramolecular Hbond substituents is 2. The number of aliphatic hydroxyl groups excluding tert-OH is 3. The third kappa shape index (κ3) is 3.65. The van der Waals surface area contributed by atoms with Gasteiger partial charge in [-0.3, -0.25) is 9.59 Å². The SMILES string of the molecule is C[C@@H](O)[C@]1(N)Cc2c(O)c3c(c(O)c2[C@@H](O[C@@H]2C[C@H](O)[C@H](O)CO2)C1)C(=O)c1ccccc1C3=O. The van der Waals surface area contributed by atoms with Crippen LogP contribution in [0.4, 0.5) is 0 Å². The number of ketones is 2. The van der Waals surface area contributed by atoms with E-state index in [1.54, 1.807) is 12.1 Å². The van der Waals surface area contributed by atoms with Gasteiger partial charge >= 0.3 is 0 Å². The number of carbonyl (C=O) groups is 2. The van der Waals surface area contributed by atoms with Crippen molar-refractivity contribution < 1.29 is 44.6 Å². The van der Waals surface area contributed by atoms with E-state index in [0.717, 1.165) is 0 Å². The number of carbonyl (C=O) groups excluding carboxylic acids is 2. The standard InChI is InChI=1S/C25H27NO9/c1-10(27)25(26)7-13-18(16(8-25)35-17-6-14(28)15(29)9-34-17)24(33)20-19(23(13)32)21(30)11-4-2-3-5-12(11)22(20)31/h2-5,10,14-17,27-29,32-33H,6-9,26H2,1H3/t10-,14+,15-,16+,17-,25+/m1/s1. The van der Waals surface area contributed by atoms with Crippen molar-refractivity contribution >= 4 is 11.6 Å². The molecule has 2 aromatic rings. The van der Waals surface area contributed by atoms with Crippen molar-refractivity contribution in [3.05, 3.63) is 57.6 Å². The van der Waals surface area contributed by atoms with Crippen molar-refractivity contribution in [3.63, 3.8) is 0 Å². The van der Waals surface area contributed by atoms with E-state index < -0.39 is 59.3 Å². The van der Waals surface area contributed by atoms with Crippen molar-refractivity contribution in [2.75, 3.05) is 6.61 Å². The molecule has 0 spiro atoms. The molecule has 0 radical (unpaired) electrons. The number of aromatic hydroxyl groups is 2. The predicted octanol–water partition coefficient (Wildman–Crippen LogP) is 0.424. The summed E-state index contributed by atoms with van der Waals surface area (Å²) in [6.07, 6.45) is -5.45. The first kappa shape index (κ1) is 23.9. The Morgan fingerprint density at radius 2 is 1.66 bits per heavy atom. The van der Waals surface area contributed by atoms with Crippen LogP contribution < -0.4 is 5.73 Å². The number of benzene rings is 2. The highest BCUT2D eigenvalue weighted by Gasteiger charge is 2.47. The van der Waals surface area contributed by atoms with Crippen molar-refractivity contribution in [3.8, 4) is 11.5 Å². The minimum Gasteiger partial charge on any atom is -0.507 e. The highest BCUT2D eigenvalue weighted by atomic mass is 16.7. The highest BCUT2D eigenvalue weighted by molar-refractivity contribution is 6.30. The van der Waals surface area contributed by atoms with Crippen molar-refractivity contribution in [2.24, 2.45) is 5.73 Å². The molecule has 0 aromatic heterocycles. The van der Waals surface area contributed by atoms with Gasteiger partial charge in [-0.1, -0.05) is 24.3 Å². The van der Waals surface area contributed by atoms with E-state index in [2.05, 4.69) is 0 Å². The second-order valence-electron chi connectivity index (χ2n) is 9.59. The summed E-state index contributed by atoms with van der Waals surface area (Å²) in [5.41, 5.74) is 4.95. The molecular weight excluding hydrogens is 458 g/mol. The van der Waals surface area contributed by atoms with Gasteiger partial charge in [0.2, 0.25) is 0 Å². The fourth-order valence-corrected chi connectivity index (χ4v) is 5.21. The molecule has 0 bridgehead atoms. The van der Waals surface area contributed by atoms with Crippen LogP contribution in [-0.4, -0.2) is 73.8 Å². The molecule has 1 saturated heterocycles. The number of fused-ring (bicyclic) bond motifs is 3. The van der Waals surface area contributed by atoms with E-state index in [1.165, 1.54) is 19.1 Å². The molecule has 2 aromatic carbocycles. The van der Waals surface area contributed by atoms with Gasteiger partial charge in [0.25, 0.3) is 0 Å². The number of hydrogen-bond acceptors (Lipinski definition) is 10. The van der Waals surface area contributed by atoms with E-state index >= 15 is 0 Å². The van der Waals surface area contributed by atoms with Gasteiger partial charge in [-0.15, -0.1) is 0 Å². The largest absolute Gasteiger partial charge is 0.507 e. The summed E-state index contributed by atoms with van der Waals surface area (Å²) >= 11 is 0. The van der Waals surface area contributed by atoms with Gasteiger partial charge in [-0.2, -0.15) is 0 Å². The minimum absolute atomic E-state index is 0.0132. The molecule has 10 nitrogen and oxygen atoms in total. The number of hydrogen-bond donors (Lipinski definition) is 6. The third-order valence-electron chi connectivity index (χ3n) is 7.33.